The van der Waals surface area contributed by atoms with Crippen molar-refractivity contribution in [3.05, 3.63) is 103 Å². The zero-order valence-corrected chi connectivity index (χ0v) is 20.3. The fraction of sp³-hybridized carbons (Fsp3) is 0.167. The van der Waals surface area contributed by atoms with Crippen LogP contribution in [0.4, 0.5) is 11.4 Å². The molecule has 0 atom stereocenters. The van der Waals surface area contributed by atoms with E-state index in [9.17, 15) is 14.9 Å². The minimum atomic E-state index is -0.544. The van der Waals surface area contributed by atoms with Gasteiger partial charge < -0.3 is 14.5 Å². The van der Waals surface area contributed by atoms with E-state index in [1.807, 2.05) is 42.8 Å². The summed E-state index contributed by atoms with van der Waals surface area (Å²) in [4.78, 5) is 23.1. The predicted octanol–water partition coefficient (Wildman–Crippen LogP) is 6.19. The molecule has 4 rings (SSSR count). The Hall–Kier alpha value is -3.82. The molecule has 2 aromatic heterocycles. The van der Waals surface area contributed by atoms with Crippen molar-refractivity contribution in [1.82, 2.24) is 9.78 Å². The first-order valence-corrected chi connectivity index (χ1v) is 11.2. The first-order chi connectivity index (χ1) is 16.7. The molecule has 0 fully saturated rings. The molecule has 1 N–H and O–H groups in total. The molecule has 1 amide bonds. The van der Waals surface area contributed by atoms with Gasteiger partial charge in [-0.25, -0.2) is 0 Å². The molecule has 0 spiro atoms. The number of amides is 1. The molecule has 4 aromatic rings. The van der Waals surface area contributed by atoms with Gasteiger partial charge in [0.15, 0.2) is 5.76 Å². The van der Waals surface area contributed by atoms with Crippen LogP contribution in [0.2, 0.25) is 10.0 Å². The standard InChI is InChI=1S/C24H20Cl2N4O5/c1-14-23(15(2)29(28-14)12-16-3-5-17(25)6-4-16)27-24(31)22-10-8-19(35-22)13-34-21-9-7-18(30(32)33)11-20(21)26/h3-11H,12-13H2,1-2H3,(H,27,31). The number of aryl methyl sites for hydroxylation is 1. The lowest BCUT2D eigenvalue weighted by Crippen LogP contribution is -2.12. The number of anilines is 1. The van der Waals surface area contributed by atoms with E-state index in [-0.39, 0.29) is 28.8 Å². The maximum atomic E-state index is 12.8. The Kier molecular flexibility index (Phi) is 7.09. The van der Waals surface area contributed by atoms with Crippen molar-refractivity contribution in [3.63, 3.8) is 0 Å². The number of benzene rings is 2. The highest BCUT2D eigenvalue weighted by Gasteiger charge is 2.18. The van der Waals surface area contributed by atoms with E-state index in [4.69, 9.17) is 32.4 Å². The lowest BCUT2D eigenvalue weighted by molar-refractivity contribution is -0.384. The summed E-state index contributed by atoms with van der Waals surface area (Å²) in [5, 5.41) is 19.0. The Morgan fingerprint density at radius 1 is 1.14 bits per heavy atom. The second-order valence-corrected chi connectivity index (χ2v) is 8.55. The zero-order valence-electron chi connectivity index (χ0n) is 18.7. The molecule has 2 heterocycles. The molecule has 0 bridgehead atoms. The van der Waals surface area contributed by atoms with Gasteiger partial charge in [-0.2, -0.15) is 5.10 Å². The van der Waals surface area contributed by atoms with Crippen molar-refractivity contribution in [1.29, 1.82) is 0 Å². The van der Waals surface area contributed by atoms with E-state index in [2.05, 4.69) is 10.4 Å². The molecule has 2 aromatic carbocycles. The summed E-state index contributed by atoms with van der Waals surface area (Å²) < 4.78 is 13.0. The summed E-state index contributed by atoms with van der Waals surface area (Å²) in [6, 6.07) is 14.5. The van der Waals surface area contributed by atoms with Gasteiger partial charge in [-0.1, -0.05) is 35.3 Å². The van der Waals surface area contributed by atoms with E-state index in [0.29, 0.717) is 28.7 Å². The number of furan rings is 1. The van der Waals surface area contributed by atoms with E-state index in [1.165, 1.54) is 24.3 Å². The van der Waals surface area contributed by atoms with Gasteiger partial charge in [0.2, 0.25) is 0 Å². The van der Waals surface area contributed by atoms with Gasteiger partial charge in [0.1, 0.15) is 18.1 Å². The lowest BCUT2D eigenvalue weighted by atomic mass is 10.2. The van der Waals surface area contributed by atoms with Gasteiger partial charge in [0.05, 0.1) is 33.6 Å². The largest absolute Gasteiger partial charge is 0.484 e. The maximum Gasteiger partial charge on any atom is 0.291 e. The number of hydrogen-bond donors (Lipinski definition) is 1. The lowest BCUT2D eigenvalue weighted by Gasteiger charge is -2.07. The molecule has 9 nitrogen and oxygen atoms in total. The molecule has 0 unspecified atom stereocenters. The van der Waals surface area contributed by atoms with Crippen molar-refractivity contribution < 1.29 is 18.9 Å². The van der Waals surface area contributed by atoms with Gasteiger partial charge in [-0.05, 0) is 49.7 Å². The van der Waals surface area contributed by atoms with Gasteiger partial charge in [0.25, 0.3) is 11.6 Å². The quantitative estimate of drug-likeness (QED) is 0.221. The third kappa shape index (κ3) is 5.64. The number of nitrogens with zero attached hydrogens (tertiary/aromatic N) is 3. The number of non-ortho nitro benzene ring substituents is 1. The Morgan fingerprint density at radius 2 is 1.89 bits per heavy atom. The van der Waals surface area contributed by atoms with Crippen LogP contribution in [0.15, 0.2) is 59.0 Å². The van der Waals surface area contributed by atoms with Crippen LogP contribution in [0, 0.1) is 24.0 Å². The van der Waals surface area contributed by atoms with E-state index >= 15 is 0 Å². The van der Waals surface area contributed by atoms with Gasteiger partial charge in [-0.15, -0.1) is 0 Å². The van der Waals surface area contributed by atoms with E-state index < -0.39 is 10.8 Å². The summed E-state index contributed by atoms with van der Waals surface area (Å²) in [6.45, 7) is 4.21. The summed E-state index contributed by atoms with van der Waals surface area (Å²) in [7, 11) is 0. The molecular formula is C24H20Cl2N4O5. The van der Waals surface area contributed by atoms with Crippen molar-refractivity contribution in [2.24, 2.45) is 0 Å². The molecule has 11 heteroatoms. The topological polar surface area (TPSA) is 112 Å². The number of carbonyl (C=O) groups is 1. The van der Waals surface area contributed by atoms with Crippen LogP contribution >= 0.6 is 23.2 Å². The number of halogens is 2. The second-order valence-electron chi connectivity index (χ2n) is 7.71. The Morgan fingerprint density at radius 3 is 2.57 bits per heavy atom. The van der Waals surface area contributed by atoms with E-state index in [1.54, 1.807) is 6.07 Å². The van der Waals surface area contributed by atoms with Crippen LogP contribution in [0.1, 0.15) is 33.3 Å². The molecule has 0 aliphatic rings. The normalized spacial score (nSPS) is 10.9. The number of carbonyl (C=O) groups excluding carboxylic acids is 1. The molecule has 0 saturated carbocycles. The van der Waals surface area contributed by atoms with E-state index in [0.717, 1.165) is 11.3 Å². The van der Waals surface area contributed by atoms with Crippen molar-refractivity contribution in [2.45, 2.75) is 27.0 Å². The maximum absolute atomic E-state index is 12.8. The molecule has 0 radical (unpaired) electrons. The summed E-state index contributed by atoms with van der Waals surface area (Å²) in [5.74, 6) is 0.319. The minimum Gasteiger partial charge on any atom is -0.484 e. The van der Waals surface area contributed by atoms with Crippen molar-refractivity contribution in [2.75, 3.05) is 5.32 Å². The minimum absolute atomic E-state index is 0.0120. The van der Waals surface area contributed by atoms with Gasteiger partial charge in [0, 0.05) is 17.2 Å². The molecular weight excluding hydrogens is 495 g/mol. The number of hydrogen-bond acceptors (Lipinski definition) is 6. The smallest absolute Gasteiger partial charge is 0.291 e. The number of nitro groups is 1. The van der Waals surface area contributed by atoms with Crippen LogP contribution in [0.5, 0.6) is 5.75 Å². The fourth-order valence-corrected chi connectivity index (χ4v) is 3.77. The summed E-state index contributed by atoms with van der Waals surface area (Å²) in [5.41, 5.74) is 2.97. The number of aromatic nitrogens is 2. The van der Waals surface area contributed by atoms with Crippen molar-refractivity contribution >= 4 is 40.5 Å². The Balaban J connectivity index is 1.40. The zero-order chi connectivity index (χ0) is 25.1. The second kappa shape index (κ2) is 10.2. The molecule has 35 heavy (non-hydrogen) atoms. The van der Waals surface area contributed by atoms with Crippen molar-refractivity contribution in [3.8, 4) is 5.75 Å². The third-order valence-corrected chi connectivity index (χ3v) is 5.79. The predicted molar refractivity (Wildman–Crippen MR) is 131 cm³/mol. The molecule has 180 valence electrons. The van der Waals surface area contributed by atoms with Crippen LogP contribution < -0.4 is 10.1 Å². The molecule has 0 saturated heterocycles. The average Bonchev–Trinajstić information content (AvgIpc) is 3.40. The SMILES string of the molecule is Cc1nn(Cc2ccc(Cl)cc2)c(C)c1NC(=O)c1ccc(COc2ccc([N+](=O)[O-])cc2Cl)o1. The molecule has 0 aliphatic carbocycles. The Bertz CT molecular complexity index is 1400. The number of nitro benzene ring substituents is 1. The Labute approximate surface area is 210 Å². The number of rotatable bonds is 8. The highest BCUT2D eigenvalue weighted by molar-refractivity contribution is 6.32. The molecule has 0 aliphatic heterocycles. The van der Waals surface area contributed by atoms with Gasteiger partial charge >= 0.3 is 0 Å². The van der Waals surface area contributed by atoms with Crippen LogP contribution in [-0.2, 0) is 13.2 Å². The first-order valence-electron chi connectivity index (χ1n) is 10.5. The number of ether oxygens (including phenoxy) is 1. The number of nitrogens with one attached hydrogen (secondary N) is 1. The average molecular weight is 515 g/mol. The highest BCUT2D eigenvalue weighted by atomic mass is 35.5. The summed E-state index contributed by atoms with van der Waals surface area (Å²) in [6.07, 6.45) is 0. The monoisotopic (exact) mass is 514 g/mol. The highest BCUT2D eigenvalue weighted by Crippen LogP contribution is 2.29. The fourth-order valence-electron chi connectivity index (χ4n) is 3.42. The van der Waals surface area contributed by atoms with Gasteiger partial charge in [-0.3, -0.25) is 19.6 Å². The first kappa shape index (κ1) is 24.3. The summed E-state index contributed by atoms with van der Waals surface area (Å²) >= 11 is 12.0. The van der Waals surface area contributed by atoms with Crippen LogP contribution in [0.25, 0.3) is 0 Å². The third-order valence-electron chi connectivity index (χ3n) is 5.25. The van der Waals surface area contributed by atoms with Crippen LogP contribution in [0.3, 0.4) is 0 Å². The van der Waals surface area contributed by atoms with Crippen LogP contribution in [-0.4, -0.2) is 20.6 Å².